The number of carbonyl (C=O) groups excluding carboxylic acids is 1. The van der Waals surface area contributed by atoms with Gasteiger partial charge in [-0.1, -0.05) is 0 Å². The average molecular weight is 277 g/mol. The second-order valence-electron chi connectivity index (χ2n) is 4.24. The van der Waals surface area contributed by atoms with Crippen LogP contribution < -0.4 is 9.47 Å². The van der Waals surface area contributed by atoms with Crippen molar-refractivity contribution in [3.63, 3.8) is 0 Å². The second-order valence-corrected chi connectivity index (χ2v) is 4.24. The number of carbonyl (C=O) groups is 2. The zero-order valence-electron chi connectivity index (χ0n) is 11.3. The first-order chi connectivity index (χ1) is 9.56. The lowest BCUT2D eigenvalue weighted by atomic mass is 10.2. The van der Waals surface area contributed by atoms with Gasteiger partial charge in [0.2, 0.25) is 5.91 Å². The van der Waals surface area contributed by atoms with E-state index in [1.807, 2.05) is 0 Å². The lowest BCUT2D eigenvalue weighted by Crippen LogP contribution is -2.11. The summed E-state index contributed by atoms with van der Waals surface area (Å²) in [6.45, 7) is 0. The summed E-state index contributed by atoms with van der Waals surface area (Å²) >= 11 is 0. The molecule has 1 aromatic carbocycles. The molecule has 0 saturated carbocycles. The normalized spacial score (nSPS) is 10.5. The predicted octanol–water partition coefficient (Wildman–Crippen LogP) is 2.16. The standard InChI is InChI=1S/C14H15NO5/c1-19-10-7-9-5-6-15(12(16)3-4-13(17)18)14(9)11(8-10)20-2/h5-8H,3-4H2,1-2H3,(H,17,18). The summed E-state index contributed by atoms with van der Waals surface area (Å²) < 4.78 is 11.9. The Hall–Kier alpha value is -2.50. The van der Waals surface area contributed by atoms with Crippen molar-refractivity contribution in [2.45, 2.75) is 12.8 Å². The quantitative estimate of drug-likeness (QED) is 0.906. The first kappa shape index (κ1) is 13.9. The largest absolute Gasteiger partial charge is 0.497 e. The number of aromatic nitrogens is 1. The Kier molecular flexibility index (Phi) is 3.93. The molecule has 2 aromatic rings. The molecule has 0 bridgehead atoms. The van der Waals surface area contributed by atoms with Crippen molar-refractivity contribution in [2.75, 3.05) is 14.2 Å². The van der Waals surface area contributed by atoms with Crippen molar-refractivity contribution in [1.29, 1.82) is 0 Å². The molecule has 0 unspecified atom stereocenters. The molecule has 1 heterocycles. The zero-order valence-corrected chi connectivity index (χ0v) is 11.3. The number of hydrogen-bond acceptors (Lipinski definition) is 4. The Morgan fingerprint density at radius 1 is 1.20 bits per heavy atom. The molecule has 0 amide bonds. The maximum atomic E-state index is 12.1. The summed E-state index contributed by atoms with van der Waals surface area (Å²) in [5.74, 6) is -0.146. The van der Waals surface area contributed by atoms with Crippen LogP contribution in [0.25, 0.3) is 10.9 Å². The Labute approximate surface area is 115 Å². The van der Waals surface area contributed by atoms with E-state index in [1.165, 1.54) is 11.7 Å². The first-order valence-corrected chi connectivity index (χ1v) is 6.05. The van der Waals surface area contributed by atoms with Crippen LogP contribution in [0.5, 0.6) is 11.5 Å². The summed E-state index contributed by atoms with van der Waals surface area (Å²) in [4.78, 5) is 22.6. The Bertz CT molecular complexity index is 659. The molecule has 20 heavy (non-hydrogen) atoms. The van der Waals surface area contributed by atoms with Gasteiger partial charge in [0.05, 0.1) is 26.2 Å². The number of fused-ring (bicyclic) bond motifs is 1. The monoisotopic (exact) mass is 277 g/mol. The third-order valence-electron chi connectivity index (χ3n) is 3.00. The molecule has 0 saturated heterocycles. The van der Waals surface area contributed by atoms with E-state index in [-0.39, 0.29) is 18.7 Å². The molecule has 6 nitrogen and oxygen atoms in total. The summed E-state index contributed by atoms with van der Waals surface area (Å²) in [6.07, 6.45) is 1.35. The maximum Gasteiger partial charge on any atom is 0.303 e. The molecular formula is C14H15NO5. The van der Waals surface area contributed by atoms with Crippen molar-refractivity contribution >= 4 is 22.8 Å². The van der Waals surface area contributed by atoms with Gasteiger partial charge in [0.1, 0.15) is 11.5 Å². The van der Waals surface area contributed by atoms with Gasteiger partial charge in [0.15, 0.2) is 0 Å². The highest BCUT2D eigenvalue weighted by Crippen LogP contribution is 2.32. The lowest BCUT2D eigenvalue weighted by Gasteiger charge is -2.09. The van der Waals surface area contributed by atoms with Gasteiger partial charge in [-0.2, -0.15) is 0 Å². The summed E-state index contributed by atoms with van der Waals surface area (Å²) in [5, 5.41) is 9.44. The number of carboxylic acids is 1. The number of hydrogen-bond donors (Lipinski definition) is 1. The molecule has 0 atom stereocenters. The number of aliphatic carboxylic acids is 1. The van der Waals surface area contributed by atoms with Gasteiger partial charge in [0.25, 0.3) is 0 Å². The van der Waals surface area contributed by atoms with E-state index in [0.29, 0.717) is 17.0 Å². The van der Waals surface area contributed by atoms with Crippen LogP contribution in [0.1, 0.15) is 17.6 Å². The van der Waals surface area contributed by atoms with Crippen molar-refractivity contribution < 1.29 is 24.2 Å². The Morgan fingerprint density at radius 2 is 1.95 bits per heavy atom. The zero-order chi connectivity index (χ0) is 14.7. The average Bonchev–Trinajstić information content (AvgIpc) is 2.87. The van der Waals surface area contributed by atoms with Crippen LogP contribution in [0.3, 0.4) is 0 Å². The SMILES string of the molecule is COc1cc(OC)c2c(ccn2C(=O)CCC(=O)O)c1. The van der Waals surface area contributed by atoms with Crippen molar-refractivity contribution in [2.24, 2.45) is 0 Å². The third kappa shape index (κ3) is 2.59. The highest BCUT2D eigenvalue weighted by atomic mass is 16.5. The second kappa shape index (κ2) is 5.64. The molecule has 0 aliphatic carbocycles. The van der Waals surface area contributed by atoms with E-state index in [4.69, 9.17) is 14.6 Å². The van der Waals surface area contributed by atoms with E-state index >= 15 is 0 Å². The van der Waals surface area contributed by atoms with Gasteiger partial charge in [-0.15, -0.1) is 0 Å². The van der Waals surface area contributed by atoms with E-state index in [2.05, 4.69) is 0 Å². The van der Waals surface area contributed by atoms with Gasteiger partial charge in [-0.05, 0) is 12.1 Å². The summed E-state index contributed by atoms with van der Waals surface area (Å²) in [6, 6.07) is 5.24. The van der Waals surface area contributed by atoms with Crippen LogP contribution in [0.15, 0.2) is 24.4 Å². The molecule has 0 aliphatic rings. The molecule has 6 heteroatoms. The summed E-state index contributed by atoms with van der Waals surface area (Å²) in [5.41, 5.74) is 0.615. The van der Waals surface area contributed by atoms with E-state index in [9.17, 15) is 9.59 Å². The van der Waals surface area contributed by atoms with E-state index in [0.717, 1.165) is 5.39 Å². The minimum atomic E-state index is -0.997. The van der Waals surface area contributed by atoms with Crippen LogP contribution in [-0.2, 0) is 4.79 Å². The molecule has 0 radical (unpaired) electrons. The van der Waals surface area contributed by atoms with Crippen molar-refractivity contribution in [3.05, 3.63) is 24.4 Å². The smallest absolute Gasteiger partial charge is 0.303 e. The highest BCUT2D eigenvalue weighted by molar-refractivity contribution is 5.97. The van der Waals surface area contributed by atoms with Crippen LogP contribution in [0, 0.1) is 0 Å². The minimum Gasteiger partial charge on any atom is -0.497 e. The van der Waals surface area contributed by atoms with Gasteiger partial charge in [0, 0.05) is 24.1 Å². The third-order valence-corrected chi connectivity index (χ3v) is 3.00. The molecule has 1 aromatic heterocycles. The van der Waals surface area contributed by atoms with Crippen LogP contribution in [0.2, 0.25) is 0 Å². The topological polar surface area (TPSA) is 77.8 Å². The number of methoxy groups -OCH3 is 2. The maximum absolute atomic E-state index is 12.1. The number of carboxylic acid groups (broad SMARTS) is 1. The molecular weight excluding hydrogens is 262 g/mol. The number of ether oxygens (including phenoxy) is 2. The molecule has 106 valence electrons. The van der Waals surface area contributed by atoms with Crippen LogP contribution in [0.4, 0.5) is 0 Å². The number of rotatable bonds is 5. The van der Waals surface area contributed by atoms with Crippen LogP contribution >= 0.6 is 0 Å². The predicted molar refractivity (Wildman–Crippen MR) is 72.5 cm³/mol. The van der Waals surface area contributed by atoms with Gasteiger partial charge < -0.3 is 14.6 Å². The van der Waals surface area contributed by atoms with Crippen molar-refractivity contribution in [1.82, 2.24) is 4.57 Å². The Balaban J connectivity index is 2.44. The summed E-state index contributed by atoms with van der Waals surface area (Å²) in [7, 11) is 3.06. The highest BCUT2D eigenvalue weighted by Gasteiger charge is 2.15. The first-order valence-electron chi connectivity index (χ1n) is 6.05. The molecule has 0 spiro atoms. The van der Waals surface area contributed by atoms with E-state index in [1.54, 1.807) is 31.5 Å². The molecule has 0 aliphatic heterocycles. The number of benzene rings is 1. The lowest BCUT2D eigenvalue weighted by molar-refractivity contribution is -0.136. The molecule has 1 N–H and O–H groups in total. The van der Waals surface area contributed by atoms with Gasteiger partial charge in [-0.3, -0.25) is 14.2 Å². The molecule has 0 fully saturated rings. The van der Waals surface area contributed by atoms with Gasteiger partial charge in [-0.25, -0.2) is 0 Å². The van der Waals surface area contributed by atoms with E-state index < -0.39 is 5.97 Å². The minimum absolute atomic E-state index is 0.0612. The number of nitrogens with zero attached hydrogens (tertiary/aromatic N) is 1. The molecule has 2 rings (SSSR count). The van der Waals surface area contributed by atoms with Gasteiger partial charge >= 0.3 is 5.97 Å². The fraction of sp³-hybridized carbons (Fsp3) is 0.286. The van der Waals surface area contributed by atoms with Crippen molar-refractivity contribution in [3.8, 4) is 11.5 Å². The van der Waals surface area contributed by atoms with Crippen LogP contribution in [-0.4, -0.2) is 35.8 Å². The Morgan fingerprint density at radius 3 is 2.55 bits per heavy atom. The fourth-order valence-electron chi connectivity index (χ4n) is 2.03. The fourth-order valence-corrected chi connectivity index (χ4v) is 2.03.